The molecule has 0 aliphatic carbocycles. The quantitative estimate of drug-likeness (QED) is 0.675. The Hall–Kier alpha value is -3.42. The molecule has 0 saturated heterocycles. The number of nitrogens with zero attached hydrogens (tertiary/aromatic N) is 1. The van der Waals surface area contributed by atoms with Crippen LogP contribution >= 0.6 is 0 Å². The van der Waals surface area contributed by atoms with Gasteiger partial charge in [0.05, 0.1) is 17.8 Å². The average Bonchev–Trinajstić information content (AvgIpc) is 2.65. The van der Waals surface area contributed by atoms with Gasteiger partial charge in [0.25, 0.3) is 11.5 Å². The Kier molecular flexibility index (Phi) is 5.30. The largest absolute Gasteiger partial charge is 0.416 e. The molecule has 0 spiro atoms. The fourth-order valence-corrected chi connectivity index (χ4v) is 2.58. The van der Waals surface area contributed by atoms with Crippen LogP contribution in [0.1, 0.15) is 21.5 Å². The van der Waals surface area contributed by atoms with Gasteiger partial charge in [-0.15, -0.1) is 0 Å². The number of hydrogen-bond donors (Lipinski definition) is 1. The van der Waals surface area contributed by atoms with Gasteiger partial charge in [0, 0.05) is 6.20 Å². The number of carbonyl (C=O) groups excluding carboxylic acids is 1. The van der Waals surface area contributed by atoms with Gasteiger partial charge in [-0.1, -0.05) is 24.3 Å². The van der Waals surface area contributed by atoms with Gasteiger partial charge in [0.1, 0.15) is 11.4 Å². The van der Waals surface area contributed by atoms with Crippen molar-refractivity contribution in [3.05, 3.63) is 99.7 Å². The molecule has 0 saturated carbocycles. The highest BCUT2D eigenvalue weighted by atomic mass is 19.4. The summed E-state index contributed by atoms with van der Waals surface area (Å²) in [4.78, 5) is 24.9. The van der Waals surface area contributed by atoms with Gasteiger partial charge in [-0.25, -0.2) is 4.39 Å². The lowest BCUT2D eigenvalue weighted by Gasteiger charge is -2.11. The Labute approximate surface area is 157 Å². The van der Waals surface area contributed by atoms with Crippen molar-refractivity contribution in [1.82, 2.24) is 4.57 Å². The van der Waals surface area contributed by atoms with Crippen LogP contribution in [0.15, 0.2) is 71.7 Å². The second-order valence-corrected chi connectivity index (χ2v) is 5.98. The van der Waals surface area contributed by atoms with Gasteiger partial charge < -0.3 is 9.88 Å². The van der Waals surface area contributed by atoms with Crippen molar-refractivity contribution in [2.24, 2.45) is 0 Å². The Morgan fingerprint density at radius 2 is 1.64 bits per heavy atom. The summed E-state index contributed by atoms with van der Waals surface area (Å²) >= 11 is 0. The van der Waals surface area contributed by atoms with E-state index in [0.29, 0.717) is 5.56 Å². The standard InChI is InChI=1S/C20H14F4N2O2/c21-16-5-1-2-6-17(16)25-18(27)15-4-3-11-26(19(15)28)12-13-7-9-14(10-8-13)20(22,23)24/h1-11H,12H2,(H,25,27). The zero-order valence-corrected chi connectivity index (χ0v) is 14.3. The SMILES string of the molecule is O=C(Nc1ccccc1F)c1cccn(Cc2ccc(C(F)(F)F)cc2)c1=O. The van der Waals surface area contributed by atoms with E-state index in [1.807, 2.05) is 0 Å². The minimum Gasteiger partial charge on any atom is -0.319 e. The lowest BCUT2D eigenvalue weighted by molar-refractivity contribution is -0.137. The number of anilines is 1. The molecule has 144 valence electrons. The number of halogens is 4. The minimum atomic E-state index is -4.44. The monoisotopic (exact) mass is 390 g/mol. The van der Waals surface area contributed by atoms with Crippen molar-refractivity contribution in [1.29, 1.82) is 0 Å². The van der Waals surface area contributed by atoms with E-state index in [9.17, 15) is 27.2 Å². The van der Waals surface area contributed by atoms with Crippen molar-refractivity contribution in [3.8, 4) is 0 Å². The molecule has 0 atom stereocenters. The van der Waals surface area contributed by atoms with Gasteiger partial charge in [-0.3, -0.25) is 9.59 Å². The third-order valence-corrected chi connectivity index (χ3v) is 4.02. The number of aromatic nitrogens is 1. The molecular formula is C20H14F4N2O2. The van der Waals surface area contributed by atoms with Gasteiger partial charge in [0.2, 0.25) is 0 Å². The number of para-hydroxylation sites is 1. The normalized spacial score (nSPS) is 11.3. The first-order valence-corrected chi connectivity index (χ1v) is 8.17. The lowest BCUT2D eigenvalue weighted by Crippen LogP contribution is -2.29. The number of carbonyl (C=O) groups is 1. The number of alkyl halides is 3. The van der Waals surface area contributed by atoms with Crippen LogP contribution in [-0.4, -0.2) is 10.5 Å². The average molecular weight is 390 g/mol. The summed E-state index contributed by atoms with van der Waals surface area (Å²) < 4.78 is 52.8. The summed E-state index contributed by atoms with van der Waals surface area (Å²) in [7, 11) is 0. The molecular weight excluding hydrogens is 376 g/mol. The zero-order valence-electron chi connectivity index (χ0n) is 14.3. The fraction of sp³-hybridized carbons (Fsp3) is 0.100. The number of hydrogen-bond acceptors (Lipinski definition) is 2. The molecule has 4 nitrogen and oxygen atoms in total. The molecule has 1 amide bonds. The zero-order chi connectivity index (χ0) is 20.3. The fourth-order valence-electron chi connectivity index (χ4n) is 2.58. The summed E-state index contributed by atoms with van der Waals surface area (Å²) in [5, 5.41) is 2.33. The van der Waals surface area contributed by atoms with Crippen molar-refractivity contribution in [3.63, 3.8) is 0 Å². The molecule has 0 unspecified atom stereocenters. The highest BCUT2D eigenvalue weighted by Crippen LogP contribution is 2.29. The van der Waals surface area contributed by atoms with E-state index in [1.54, 1.807) is 0 Å². The molecule has 3 aromatic rings. The van der Waals surface area contributed by atoms with Crippen molar-refractivity contribution in [2.75, 3.05) is 5.32 Å². The van der Waals surface area contributed by atoms with Crippen LogP contribution in [0.25, 0.3) is 0 Å². The number of nitrogens with one attached hydrogen (secondary N) is 1. The second kappa shape index (κ2) is 7.67. The maximum absolute atomic E-state index is 13.7. The maximum atomic E-state index is 13.7. The molecule has 2 aromatic carbocycles. The van der Waals surface area contributed by atoms with Crippen LogP contribution in [0.3, 0.4) is 0 Å². The summed E-state index contributed by atoms with van der Waals surface area (Å²) in [6, 6.07) is 12.7. The highest BCUT2D eigenvalue weighted by molar-refractivity contribution is 6.04. The first-order chi connectivity index (χ1) is 13.3. The first-order valence-electron chi connectivity index (χ1n) is 8.17. The molecule has 8 heteroatoms. The van der Waals surface area contributed by atoms with Crippen LogP contribution in [0.5, 0.6) is 0 Å². The van der Waals surface area contributed by atoms with Crippen molar-refractivity contribution >= 4 is 11.6 Å². The second-order valence-electron chi connectivity index (χ2n) is 5.98. The molecule has 3 rings (SSSR count). The summed E-state index contributed by atoms with van der Waals surface area (Å²) in [6.45, 7) is -0.0161. The van der Waals surface area contributed by atoms with Crippen LogP contribution in [0.4, 0.5) is 23.2 Å². The lowest BCUT2D eigenvalue weighted by atomic mass is 10.1. The molecule has 28 heavy (non-hydrogen) atoms. The Balaban J connectivity index is 1.82. The maximum Gasteiger partial charge on any atom is 0.416 e. The van der Waals surface area contributed by atoms with Gasteiger partial charge in [0.15, 0.2) is 0 Å². The van der Waals surface area contributed by atoms with Crippen LogP contribution in [0, 0.1) is 5.82 Å². The summed E-state index contributed by atoms with van der Waals surface area (Å²) in [5.41, 5.74) is -1.25. The smallest absolute Gasteiger partial charge is 0.319 e. The van der Waals surface area contributed by atoms with E-state index in [0.717, 1.165) is 12.1 Å². The van der Waals surface area contributed by atoms with E-state index in [1.165, 1.54) is 59.3 Å². The molecule has 0 radical (unpaired) electrons. The molecule has 1 N–H and O–H groups in total. The van der Waals surface area contributed by atoms with Gasteiger partial charge >= 0.3 is 6.18 Å². The van der Waals surface area contributed by atoms with E-state index < -0.39 is 29.0 Å². The van der Waals surface area contributed by atoms with Gasteiger partial charge in [-0.2, -0.15) is 13.2 Å². The third-order valence-electron chi connectivity index (χ3n) is 4.02. The van der Waals surface area contributed by atoms with Gasteiger partial charge in [-0.05, 0) is 42.0 Å². The van der Waals surface area contributed by atoms with Crippen molar-refractivity contribution < 1.29 is 22.4 Å². The molecule has 0 bridgehead atoms. The van der Waals surface area contributed by atoms with E-state index in [2.05, 4.69) is 5.32 Å². The molecule has 0 fully saturated rings. The van der Waals surface area contributed by atoms with E-state index >= 15 is 0 Å². The molecule has 1 heterocycles. The Morgan fingerprint density at radius 1 is 0.964 bits per heavy atom. The highest BCUT2D eigenvalue weighted by Gasteiger charge is 2.29. The number of benzene rings is 2. The molecule has 0 aliphatic rings. The number of pyridine rings is 1. The third kappa shape index (κ3) is 4.28. The Bertz CT molecular complexity index is 1060. The predicted octanol–water partition coefficient (Wildman–Crippen LogP) is 4.31. The van der Waals surface area contributed by atoms with Crippen LogP contribution in [-0.2, 0) is 12.7 Å². The van der Waals surface area contributed by atoms with E-state index in [-0.39, 0.29) is 17.8 Å². The topological polar surface area (TPSA) is 51.1 Å². The Morgan fingerprint density at radius 3 is 2.29 bits per heavy atom. The minimum absolute atomic E-state index is 0.0161. The molecule has 1 aromatic heterocycles. The van der Waals surface area contributed by atoms with Crippen LogP contribution < -0.4 is 10.9 Å². The van der Waals surface area contributed by atoms with Crippen LogP contribution in [0.2, 0.25) is 0 Å². The molecule has 0 aliphatic heterocycles. The number of rotatable bonds is 4. The summed E-state index contributed by atoms with van der Waals surface area (Å²) in [5.74, 6) is -1.42. The summed E-state index contributed by atoms with van der Waals surface area (Å²) in [6.07, 6.45) is -3.03. The predicted molar refractivity (Wildman–Crippen MR) is 95.6 cm³/mol. The number of amides is 1. The van der Waals surface area contributed by atoms with E-state index in [4.69, 9.17) is 0 Å². The van der Waals surface area contributed by atoms with Crippen molar-refractivity contribution in [2.45, 2.75) is 12.7 Å². The first kappa shape index (κ1) is 19.3.